The first kappa shape index (κ1) is 19.0. The molecule has 28 heavy (non-hydrogen) atoms. The molecule has 5 nitrogen and oxygen atoms in total. The average Bonchev–Trinajstić information content (AvgIpc) is 3.18. The number of amides is 1. The predicted molar refractivity (Wildman–Crippen MR) is 112 cm³/mol. The van der Waals surface area contributed by atoms with Gasteiger partial charge in [-0.3, -0.25) is 14.6 Å². The van der Waals surface area contributed by atoms with Crippen molar-refractivity contribution in [2.75, 3.05) is 44.6 Å². The summed E-state index contributed by atoms with van der Waals surface area (Å²) in [6.45, 7) is 8.20. The van der Waals surface area contributed by atoms with Gasteiger partial charge in [-0.15, -0.1) is 0 Å². The van der Waals surface area contributed by atoms with Crippen LogP contribution in [0, 0.1) is 0 Å². The van der Waals surface area contributed by atoms with Gasteiger partial charge in [0.2, 0.25) is 5.91 Å². The Kier molecular flexibility index (Phi) is 5.93. The zero-order chi connectivity index (χ0) is 19.3. The van der Waals surface area contributed by atoms with Crippen LogP contribution in [0.1, 0.15) is 23.6 Å². The van der Waals surface area contributed by atoms with Gasteiger partial charge in [0, 0.05) is 44.8 Å². The number of ether oxygens (including phenoxy) is 1. The second kappa shape index (κ2) is 8.76. The van der Waals surface area contributed by atoms with Gasteiger partial charge in [-0.05, 0) is 41.3 Å². The molecule has 0 unspecified atom stereocenters. The van der Waals surface area contributed by atoms with E-state index in [2.05, 4.69) is 52.4 Å². The summed E-state index contributed by atoms with van der Waals surface area (Å²) in [5, 5.41) is 3.01. The summed E-state index contributed by atoms with van der Waals surface area (Å²) < 4.78 is 5.59. The zero-order valence-electron chi connectivity index (χ0n) is 16.6. The molecule has 1 amide bonds. The molecule has 2 heterocycles. The molecule has 2 aromatic carbocycles. The number of nitrogens with one attached hydrogen (secondary N) is 1. The second-order valence-corrected chi connectivity index (χ2v) is 7.69. The molecule has 1 fully saturated rings. The summed E-state index contributed by atoms with van der Waals surface area (Å²) in [7, 11) is 0. The number of anilines is 1. The van der Waals surface area contributed by atoms with Gasteiger partial charge >= 0.3 is 0 Å². The van der Waals surface area contributed by atoms with E-state index >= 15 is 0 Å². The summed E-state index contributed by atoms with van der Waals surface area (Å²) in [6.07, 6.45) is 2.03. The minimum absolute atomic E-state index is 0.0660. The first-order valence-corrected chi connectivity index (χ1v) is 10.3. The number of nitrogens with zero attached hydrogens (tertiary/aromatic N) is 2. The standard InChI is InChI=1S/C23H29N3O2/c1-2-18-3-6-21(7-4-18)24-23(27)17-26-12-10-25(11-13-26)16-19-5-8-22-20(15-19)9-14-28-22/h3-8,15H,2,9-14,16-17H2,1H3,(H,24,27). The van der Waals surface area contributed by atoms with Crippen LogP contribution in [0.25, 0.3) is 0 Å². The third kappa shape index (κ3) is 4.72. The molecule has 2 aromatic rings. The molecule has 0 aliphatic carbocycles. The zero-order valence-corrected chi connectivity index (χ0v) is 16.6. The van der Waals surface area contributed by atoms with Crippen LogP contribution in [0.4, 0.5) is 5.69 Å². The highest BCUT2D eigenvalue weighted by Gasteiger charge is 2.20. The van der Waals surface area contributed by atoms with Gasteiger partial charge in [0.25, 0.3) is 0 Å². The number of aryl methyl sites for hydroxylation is 1. The molecule has 148 valence electrons. The highest BCUT2D eigenvalue weighted by Crippen LogP contribution is 2.26. The molecule has 0 bridgehead atoms. The van der Waals surface area contributed by atoms with E-state index in [-0.39, 0.29) is 5.91 Å². The van der Waals surface area contributed by atoms with Crippen molar-refractivity contribution in [2.24, 2.45) is 0 Å². The molecular formula is C23H29N3O2. The van der Waals surface area contributed by atoms with Gasteiger partial charge in [-0.1, -0.05) is 31.2 Å². The topological polar surface area (TPSA) is 44.8 Å². The molecule has 0 radical (unpaired) electrons. The average molecular weight is 380 g/mol. The van der Waals surface area contributed by atoms with Gasteiger partial charge in [-0.2, -0.15) is 0 Å². The van der Waals surface area contributed by atoms with Crippen molar-refractivity contribution in [3.8, 4) is 5.75 Å². The van der Waals surface area contributed by atoms with Crippen LogP contribution in [0.15, 0.2) is 42.5 Å². The van der Waals surface area contributed by atoms with Crippen LogP contribution >= 0.6 is 0 Å². The lowest BCUT2D eigenvalue weighted by Gasteiger charge is -2.34. The van der Waals surface area contributed by atoms with Gasteiger partial charge in [0.05, 0.1) is 13.2 Å². The molecular weight excluding hydrogens is 350 g/mol. The van der Waals surface area contributed by atoms with Crippen LogP contribution < -0.4 is 10.1 Å². The van der Waals surface area contributed by atoms with Crippen LogP contribution in [0.3, 0.4) is 0 Å². The lowest BCUT2D eigenvalue weighted by atomic mass is 10.1. The number of piperazine rings is 1. The first-order valence-electron chi connectivity index (χ1n) is 10.3. The fourth-order valence-electron chi connectivity index (χ4n) is 3.93. The van der Waals surface area contributed by atoms with E-state index in [1.54, 1.807) is 0 Å². The normalized spacial score (nSPS) is 17.2. The number of hydrogen-bond acceptors (Lipinski definition) is 4. The van der Waals surface area contributed by atoms with Crippen molar-refractivity contribution in [3.05, 3.63) is 59.2 Å². The Hall–Kier alpha value is -2.37. The van der Waals surface area contributed by atoms with Crippen molar-refractivity contribution in [2.45, 2.75) is 26.3 Å². The third-order valence-corrected chi connectivity index (χ3v) is 5.64. The number of benzene rings is 2. The van der Waals surface area contributed by atoms with Crippen LogP contribution in [0.5, 0.6) is 5.75 Å². The van der Waals surface area contributed by atoms with E-state index in [1.807, 2.05) is 12.1 Å². The molecule has 2 aliphatic rings. The van der Waals surface area contributed by atoms with Crippen molar-refractivity contribution in [1.82, 2.24) is 9.80 Å². The summed E-state index contributed by atoms with van der Waals surface area (Å²) in [4.78, 5) is 17.0. The monoisotopic (exact) mass is 379 g/mol. The van der Waals surface area contributed by atoms with Crippen LogP contribution in [-0.2, 0) is 24.2 Å². The maximum Gasteiger partial charge on any atom is 0.238 e. The Bertz CT molecular complexity index is 811. The number of rotatable bonds is 6. The minimum atomic E-state index is 0.0660. The smallest absolute Gasteiger partial charge is 0.238 e. The van der Waals surface area contributed by atoms with Gasteiger partial charge < -0.3 is 10.1 Å². The predicted octanol–water partition coefficient (Wildman–Crippen LogP) is 2.94. The summed E-state index contributed by atoms with van der Waals surface area (Å²) in [6, 6.07) is 14.7. The fourth-order valence-corrected chi connectivity index (χ4v) is 3.93. The maximum absolute atomic E-state index is 12.3. The molecule has 0 atom stereocenters. The van der Waals surface area contributed by atoms with Crippen molar-refractivity contribution < 1.29 is 9.53 Å². The fraction of sp³-hybridized carbons (Fsp3) is 0.435. The van der Waals surface area contributed by atoms with Crippen molar-refractivity contribution in [3.63, 3.8) is 0 Å². The Morgan fingerprint density at radius 3 is 2.46 bits per heavy atom. The van der Waals surface area contributed by atoms with E-state index in [4.69, 9.17) is 4.74 Å². The Labute approximate surface area is 167 Å². The first-order chi connectivity index (χ1) is 13.7. The Morgan fingerprint density at radius 2 is 1.71 bits per heavy atom. The third-order valence-electron chi connectivity index (χ3n) is 5.64. The second-order valence-electron chi connectivity index (χ2n) is 7.69. The van der Waals surface area contributed by atoms with E-state index in [0.29, 0.717) is 6.54 Å². The van der Waals surface area contributed by atoms with Crippen molar-refractivity contribution >= 4 is 11.6 Å². The highest BCUT2D eigenvalue weighted by molar-refractivity contribution is 5.92. The SMILES string of the molecule is CCc1ccc(NC(=O)CN2CCN(Cc3ccc4c(c3)CCO4)CC2)cc1. The summed E-state index contributed by atoms with van der Waals surface area (Å²) >= 11 is 0. The lowest BCUT2D eigenvalue weighted by molar-refractivity contribution is -0.117. The minimum Gasteiger partial charge on any atom is -0.493 e. The van der Waals surface area contributed by atoms with E-state index < -0.39 is 0 Å². The van der Waals surface area contributed by atoms with E-state index in [0.717, 1.165) is 63.6 Å². The molecule has 0 aromatic heterocycles. The molecule has 5 heteroatoms. The van der Waals surface area contributed by atoms with E-state index in [1.165, 1.54) is 16.7 Å². The number of carbonyl (C=O) groups excluding carboxylic acids is 1. The van der Waals surface area contributed by atoms with Crippen LogP contribution in [-0.4, -0.2) is 55.0 Å². The number of fused-ring (bicyclic) bond motifs is 1. The largest absolute Gasteiger partial charge is 0.493 e. The Balaban J connectivity index is 1.22. The molecule has 1 N–H and O–H groups in total. The number of hydrogen-bond donors (Lipinski definition) is 1. The quantitative estimate of drug-likeness (QED) is 0.838. The summed E-state index contributed by atoms with van der Waals surface area (Å²) in [5.74, 6) is 1.11. The molecule has 2 aliphatic heterocycles. The molecule has 4 rings (SSSR count). The van der Waals surface area contributed by atoms with Gasteiger partial charge in [-0.25, -0.2) is 0 Å². The lowest BCUT2D eigenvalue weighted by Crippen LogP contribution is -2.48. The highest BCUT2D eigenvalue weighted by atomic mass is 16.5. The molecule has 0 spiro atoms. The molecule has 1 saturated heterocycles. The van der Waals surface area contributed by atoms with Crippen LogP contribution in [0.2, 0.25) is 0 Å². The van der Waals surface area contributed by atoms with E-state index in [9.17, 15) is 4.79 Å². The van der Waals surface area contributed by atoms with Gasteiger partial charge in [0.1, 0.15) is 5.75 Å². The summed E-state index contributed by atoms with van der Waals surface area (Å²) in [5.41, 5.74) is 4.84. The maximum atomic E-state index is 12.3. The van der Waals surface area contributed by atoms with Gasteiger partial charge in [0.15, 0.2) is 0 Å². The van der Waals surface area contributed by atoms with Crippen molar-refractivity contribution in [1.29, 1.82) is 0 Å². The molecule has 0 saturated carbocycles. The number of carbonyl (C=O) groups is 1. The Morgan fingerprint density at radius 1 is 1.00 bits per heavy atom.